The first-order chi connectivity index (χ1) is 23.9. The van der Waals surface area contributed by atoms with Crippen molar-refractivity contribution < 1.29 is 49.3 Å². The van der Waals surface area contributed by atoms with Crippen LogP contribution in [0.1, 0.15) is 57.5 Å². The topological polar surface area (TPSA) is 250 Å². The van der Waals surface area contributed by atoms with E-state index in [1.165, 1.54) is 52.4 Å². The smallest absolute Gasteiger partial charge is 0.312 e. The highest BCUT2D eigenvalue weighted by atomic mass is 16.7. The molecular weight excluding hydrogens is 662 g/mol. The van der Waals surface area contributed by atoms with Gasteiger partial charge in [-0.15, -0.1) is 10.2 Å². The molecule has 3 aliphatic rings. The number of methoxy groups -OCH3 is 1. The standard InChI is InChI=1S/C36H47N5O10/c1-15-10-9-11-16(2)34(48)39-22-14-21(40-41-35(37)38)24-25(31(22)46)30(45)20(6)32-26(24)33(47)36(7,51-32)50-13-12-23(49-8)17(3)28(43)19(5)29(44)18(4)27(15)42/h9-15,17-19,23,27-29,42-46H,1-8H3,(H3,37,38)(H,39,48)/b10-9+,13-12+,16-11-,41-40?/t15-,17-,18+,19+,23-,27-,28+,29+,36-/m0/s1. The minimum absolute atomic E-state index is 0.0622. The number of aliphatic hydroxyl groups excluding tert-OH is 3. The van der Waals surface area contributed by atoms with Crippen LogP contribution in [0.25, 0.3) is 10.8 Å². The van der Waals surface area contributed by atoms with E-state index < -0.39 is 83.0 Å². The van der Waals surface area contributed by atoms with Gasteiger partial charge in [-0.1, -0.05) is 45.9 Å². The number of fused-ring (bicyclic) bond motifs is 14. The summed E-state index contributed by atoms with van der Waals surface area (Å²) in [5.74, 6) is -7.55. The Labute approximate surface area is 295 Å². The van der Waals surface area contributed by atoms with Crippen LogP contribution in [0.2, 0.25) is 0 Å². The number of aliphatic hydroxyl groups is 3. The molecule has 1 amide bonds. The summed E-state index contributed by atoms with van der Waals surface area (Å²) in [6.45, 7) is 11.2. The fraction of sp³-hybridized carbons (Fsp3) is 0.472. The number of anilines is 1. The van der Waals surface area contributed by atoms with Crippen molar-refractivity contribution in [1.29, 1.82) is 5.41 Å². The Morgan fingerprint density at radius 3 is 2.24 bits per heavy atom. The fourth-order valence-electron chi connectivity index (χ4n) is 6.45. The van der Waals surface area contributed by atoms with Crippen molar-refractivity contribution in [2.24, 2.45) is 39.6 Å². The SMILES string of the molecule is CO[C@H]1/C=C/O[C@@]2(C)Oc3c(C)c(O)c4c(O)c(cc(N=NC(=N)N)c4c3C2=O)NC(=O)/C(C)=C\C=C\[C@H](C)[C@H](O)[C@@H](C)[C@@H](O)[C@H](C)[C@H](O)[C@H]1C. The number of allylic oxidation sites excluding steroid dienone is 2. The highest BCUT2D eigenvalue weighted by Crippen LogP contribution is 2.54. The molecule has 0 saturated carbocycles. The Kier molecular flexibility index (Phi) is 11.6. The molecule has 15 heteroatoms. The van der Waals surface area contributed by atoms with Crippen molar-refractivity contribution in [2.75, 3.05) is 12.4 Å². The van der Waals surface area contributed by atoms with Crippen LogP contribution in [0, 0.1) is 36.0 Å². The third-order valence-corrected chi connectivity index (χ3v) is 9.84. The van der Waals surface area contributed by atoms with Crippen molar-refractivity contribution in [3.63, 3.8) is 0 Å². The van der Waals surface area contributed by atoms with Crippen molar-refractivity contribution in [2.45, 2.75) is 78.7 Å². The number of amides is 1. The number of aromatic hydroxyl groups is 2. The molecule has 3 heterocycles. The van der Waals surface area contributed by atoms with E-state index in [2.05, 4.69) is 15.5 Å². The molecule has 3 aliphatic heterocycles. The molecule has 0 unspecified atom stereocenters. The molecule has 0 fully saturated rings. The Bertz CT molecular complexity index is 1840. The number of hydrogen-bond donors (Lipinski definition) is 8. The number of carbonyl (C=O) groups is 2. The van der Waals surface area contributed by atoms with Gasteiger partial charge in [-0.3, -0.25) is 15.0 Å². The van der Waals surface area contributed by atoms with Crippen molar-refractivity contribution in [3.8, 4) is 17.2 Å². The van der Waals surface area contributed by atoms with Crippen molar-refractivity contribution in [1.82, 2.24) is 0 Å². The van der Waals surface area contributed by atoms with Crippen LogP contribution in [0.3, 0.4) is 0 Å². The predicted molar refractivity (Wildman–Crippen MR) is 189 cm³/mol. The molecule has 15 nitrogen and oxygen atoms in total. The van der Waals surface area contributed by atoms with Gasteiger partial charge in [0, 0.05) is 54.2 Å². The summed E-state index contributed by atoms with van der Waals surface area (Å²) in [5, 5.41) is 73.7. The number of carbonyl (C=O) groups excluding carboxylic acids is 2. The van der Waals surface area contributed by atoms with E-state index in [0.29, 0.717) is 0 Å². The molecule has 0 saturated heterocycles. The molecule has 0 aromatic heterocycles. The number of hydrogen-bond acceptors (Lipinski definition) is 12. The Morgan fingerprint density at radius 2 is 1.61 bits per heavy atom. The van der Waals surface area contributed by atoms with E-state index in [9.17, 15) is 35.1 Å². The first-order valence-corrected chi connectivity index (χ1v) is 16.5. The van der Waals surface area contributed by atoms with Crippen molar-refractivity contribution >= 4 is 39.8 Å². The zero-order valence-corrected chi connectivity index (χ0v) is 29.8. The predicted octanol–water partition coefficient (Wildman–Crippen LogP) is 4.45. The van der Waals surface area contributed by atoms with Gasteiger partial charge in [0.2, 0.25) is 5.96 Å². The van der Waals surface area contributed by atoms with Crippen LogP contribution in [-0.2, 0) is 14.3 Å². The summed E-state index contributed by atoms with van der Waals surface area (Å²) in [6, 6.07) is 1.21. The molecule has 0 aliphatic carbocycles. The second kappa shape index (κ2) is 15.2. The van der Waals surface area contributed by atoms with E-state index in [4.69, 9.17) is 25.4 Å². The number of rotatable bonds is 2. The summed E-state index contributed by atoms with van der Waals surface area (Å²) in [5.41, 5.74) is 5.26. The maximum Gasteiger partial charge on any atom is 0.312 e. The molecule has 5 bridgehead atoms. The van der Waals surface area contributed by atoms with Gasteiger partial charge in [0.05, 0.1) is 53.0 Å². The number of Topliss-reactive ketones (excluding diaryl/α,β-unsaturated/α-hetero) is 1. The van der Waals surface area contributed by atoms with Crippen LogP contribution < -0.4 is 15.8 Å². The van der Waals surface area contributed by atoms with E-state index in [0.717, 1.165) is 0 Å². The van der Waals surface area contributed by atoms with Crippen molar-refractivity contribution in [3.05, 3.63) is 53.3 Å². The van der Waals surface area contributed by atoms with Crippen LogP contribution in [0.5, 0.6) is 17.2 Å². The average Bonchev–Trinajstić information content (AvgIpc) is 3.36. The number of benzene rings is 2. The van der Waals surface area contributed by atoms with E-state index in [1.54, 1.807) is 39.8 Å². The average molecular weight is 710 g/mol. The monoisotopic (exact) mass is 709 g/mol. The number of phenolic OH excluding ortho intramolecular Hbond substituents is 2. The molecule has 2 aromatic rings. The first-order valence-electron chi connectivity index (χ1n) is 16.5. The number of ether oxygens (including phenoxy) is 3. The molecule has 0 radical (unpaired) electrons. The van der Waals surface area contributed by atoms with E-state index >= 15 is 0 Å². The third-order valence-electron chi connectivity index (χ3n) is 9.84. The zero-order chi connectivity index (χ0) is 38.1. The highest BCUT2D eigenvalue weighted by molar-refractivity contribution is 6.22. The lowest BCUT2D eigenvalue weighted by Crippen LogP contribution is -2.44. The summed E-state index contributed by atoms with van der Waals surface area (Å²) < 4.78 is 17.5. The lowest BCUT2D eigenvalue weighted by molar-refractivity contribution is -0.112. The summed E-state index contributed by atoms with van der Waals surface area (Å²) >= 11 is 0. The molecule has 0 spiro atoms. The van der Waals surface area contributed by atoms with Gasteiger partial charge in [-0.25, -0.2) is 0 Å². The van der Waals surface area contributed by atoms with Gasteiger partial charge in [0.15, 0.2) is 5.75 Å². The van der Waals surface area contributed by atoms with Crippen LogP contribution in [0.15, 0.2) is 52.4 Å². The summed E-state index contributed by atoms with van der Waals surface area (Å²) in [6.07, 6.45) is 3.45. The number of guanidine groups is 1. The number of nitrogens with two attached hydrogens (primary N) is 1. The summed E-state index contributed by atoms with van der Waals surface area (Å²) in [7, 11) is 1.43. The van der Waals surface area contributed by atoms with Gasteiger partial charge in [0.25, 0.3) is 11.7 Å². The number of azo groups is 1. The maximum atomic E-state index is 14.1. The minimum atomic E-state index is -1.99. The number of phenols is 2. The van der Waals surface area contributed by atoms with Gasteiger partial charge in [-0.2, -0.15) is 0 Å². The van der Waals surface area contributed by atoms with Gasteiger partial charge >= 0.3 is 5.79 Å². The molecular formula is C36H47N5O10. The largest absolute Gasteiger partial charge is 0.507 e. The van der Waals surface area contributed by atoms with Crippen LogP contribution in [0.4, 0.5) is 11.4 Å². The fourth-order valence-corrected chi connectivity index (χ4v) is 6.45. The molecule has 5 rings (SSSR count). The lowest BCUT2D eigenvalue weighted by Gasteiger charge is -2.36. The molecule has 276 valence electrons. The quantitative estimate of drug-likeness (QED) is 0.0936. The normalized spacial score (nSPS) is 33.0. The molecule has 2 aromatic carbocycles. The van der Waals surface area contributed by atoms with Crippen LogP contribution >= 0.6 is 0 Å². The maximum absolute atomic E-state index is 14.1. The minimum Gasteiger partial charge on any atom is -0.507 e. The third kappa shape index (κ3) is 7.47. The van der Waals surface area contributed by atoms with Gasteiger partial charge in [0.1, 0.15) is 11.5 Å². The van der Waals surface area contributed by atoms with Crippen LogP contribution in [-0.4, -0.2) is 80.5 Å². The molecule has 9 atom stereocenters. The Morgan fingerprint density at radius 1 is 0.980 bits per heavy atom. The number of ketones is 1. The van der Waals surface area contributed by atoms with E-state index in [1.807, 2.05) is 0 Å². The lowest BCUT2D eigenvalue weighted by atomic mass is 9.78. The Hall–Kier alpha value is -4.83. The van der Waals surface area contributed by atoms with Gasteiger partial charge < -0.3 is 50.8 Å². The second-order valence-corrected chi connectivity index (χ2v) is 13.4. The zero-order valence-electron chi connectivity index (χ0n) is 29.8. The molecule has 9 N–H and O–H groups in total. The first kappa shape index (κ1) is 39.0. The Balaban J connectivity index is 1.93. The van der Waals surface area contributed by atoms with Gasteiger partial charge in [-0.05, 0) is 26.0 Å². The summed E-state index contributed by atoms with van der Waals surface area (Å²) in [4.78, 5) is 27.4. The molecule has 51 heavy (non-hydrogen) atoms. The highest BCUT2D eigenvalue weighted by Gasteiger charge is 2.49. The number of nitrogens with zero attached hydrogens (tertiary/aromatic N) is 2. The second-order valence-electron chi connectivity index (χ2n) is 13.4. The van der Waals surface area contributed by atoms with E-state index in [-0.39, 0.29) is 44.6 Å². The number of nitrogens with one attached hydrogen (secondary N) is 2.